The van der Waals surface area contributed by atoms with E-state index in [-0.39, 0.29) is 11.6 Å². The lowest BCUT2D eigenvalue weighted by atomic mass is 10.1. The van der Waals surface area contributed by atoms with Crippen molar-refractivity contribution < 1.29 is 13.9 Å². The Morgan fingerprint density at radius 2 is 1.87 bits per heavy atom. The summed E-state index contributed by atoms with van der Waals surface area (Å²) in [7, 11) is 3.02. The Morgan fingerprint density at radius 3 is 2.47 bits per heavy atom. The smallest absolute Gasteiger partial charge is 0.174 e. The summed E-state index contributed by atoms with van der Waals surface area (Å²) in [4.78, 5) is 0. The molecule has 0 aliphatic carbocycles. The quantitative estimate of drug-likeness (QED) is 0.781. The summed E-state index contributed by atoms with van der Waals surface area (Å²) in [5, 5.41) is 2.51. The van der Waals surface area contributed by atoms with Crippen molar-refractivity contribution in [2.24, 2.45) is 0 Å². The van der Waals surface area contributed by atoms with E-state index in [1.807, 2.05) is 12.3 Å². The van der Waals surface area contributed by atoms with E-state index in [1.165, 1.54) is 18.4 Å². The number of ether oxygens (including phenoxy) is 2. The van der Waals surface area contributed by atoms with Gasteiger partial charge in [0.05, 0.1) is 18.9 Å². The molecule has 1 aromatic heterocycles. The summed E-state index contributed by atoms with van der Waals surface area (Å²) in [6.45, 7) is 1.88. The van der Waals surface area contributed by atoms with E-state index in [0.29, 0.717) is 11.1 Å². The van der Waals surface area contributed by atoms with E-state index in [4.69, 9.17) is 9.47 Å². The van der Waals surface area contributed by atoms with Gasteiger partial charge in [-0.25, -0.2) is 4.39 Å². The molecule has 1 heterocycles. The summed E-state index contributed by atoms with van der Waals surface area (Å²) in [5.41, 5.74) is 0.907. The minimum Gasteiger partial charge on any atom is -0.495 e. The first-order chi connectivity index (χ1) is 7.19. The fourth-order valence-electron chi connectivity index (χ4n) is 1.57. The highest BCUT2D eigenvalue weighted by Crippen LogP contribution is 2.39. The van der Waals surface area contributed by atoms with E-state index in [1.54, 1.807) is 13.2 Å². The van der Waals surface area contributed by atoms with Gasteiger partial charge in [-0.15, -0.1) is 11.3 Å². The van der Waals surface area contributed by atoms with Gasteiger partial charge in [0.15, 0.2) is 11.6 Å². The summed E-state index contributed by atoms with van der Waals surface area (Å²) in [6, 6.07) is 1.58. The molecule has 2 rings (SSSR count). The minimum absolute atomic E-state index is 0.223. The first-order valence-electron chi connectivity index (χ1n) is 4.47. The van der Waals surface area contributed by atoms with Crippen LogP contribution in [0.25, 0.3) is 10.1 Å². The molecule has 0 aliphatic rings. The normalized spacial score (nSPS) is 10.7. The molecule has 0 saturated heterocycles. The Labute approximate surface area is 91.2 Å². The molecule has 0 saturated carbocycles. The van der Waals surface area contributed by atoms with Gasteiger partial charge in [-0.3, -0.25) is 0 Å². The van der Waals surface area contributed by atoms with Gasteiger partial charge in [-0.2, -0.15) is 0 Å². The molecule has 0 N–H and O–H groups in total. The molecular formula is C11H11FO2S. The van der Waals surface area contributed by atoms with Crippen LogP contribution in [0.5, 0.6) is 11.5 Å². The lowest BCUT2D eigenvalue weighted by molar-refractivity contribution is 0.378. The van der Waals surface area contributed by atoms with Crippen LogP contribution in [0.15, 0.2) is 11.4 Å². The number of hydrogen-bond donors (Lipinski definition) is 0. The van der Waals surface area contributed by atoms with E-state index >= 15 is 0 Å². The zero-order chi connectivity index (χ0) is 11.0. The molecule has 80 valence electrons. The topological polar surface area (TPSA) is 18.5 Å². The van der Waals surface area contributed by atoms with Crippen LogP contribution >= 0.6 is 11.3 Å². The standard InChI is InChI=1S/C11H11FO2S/c1-6-5-15-11-8(14-3)4-7(13-2)10(12)9(6)11/h4-5H,1-3H3. The maximum atomic E-state index is 13.9. The second-order valence-electron chi connectivity index (χ2n) is 3.22. The van der Waals surface area contributed by atoms with Gasteiger partial charge >= 0.3 is 0 Å². The van der Waals surface area contributed by atoms with Crippen molar-refractivity contribution >= 4 is 21.4 Å². The van der Waals surface area contributed by atoms with Crippen molar-refractivity contribution in [3.8, 4) is 11.5 Å². The second kappa shape index (κ2) is 3.70. The summed E-state index contributed by atoms with van der Waals surface area (Å²) >= 11 is 1.48. The third-order valence-corrected chi connectivity index (χ3v) is 3.45. The first-order valence-corrected chi connectivity index (χ1v) is 5.35. The largest absolute Gasteiger partial charge is 0.495 e. The van der Waals surface area contributed by atoms with Crippen LogP contribution in [0.1, 0.15) is 5.56 Å². The lowest BCUT2D eigenvalue weighted by Gasteiger charge is -2.07. The van der Waals surface area contributed by atoms with Gasteiger partial charge in [0, 0.05) is 11.5 Å². The molecule has 2 aromatic rings. The van der Waals surface area contributed by atoms with Crippen LogP contribution in [0.4, 0.5) is 4.39 Å². The number of halogens is 1. The summed E-state index contributed by atoms with van der Waals surface area (Å²) in [5.74, 6) is 0.564. The van der Waals surface area contributed by atoms with Crippen molar-refractivity contribution in [2.45, 2.75) is 6.92 Å². The van der Waals surface area contributed by atoms with Gasteiger partial charge in [0.2, 0.25) is 0 Å². The van der Waals surface area contributed by atoms with Gasteiger partial charge in [-0.05, 0) is 17.9 Å². The predicted molar refractivity (Wildman–Crippen MR) is 59.6 cm³/mol. The van der Waals surface area contributed by atoms with Crippen molar-refractivity contribution in [3.63, 3.8) is 0 Å². The Morgan fingerprint density at radius 1 is 1.20 bits per heavy atom. The molecule has 0 spiro atoms. The van der Waals surface area contributed by atoms with E-state index in [9.17, 15) is 4.39 Å². The highest BCUT2D eigenvalue weighted by molar-refractivity contribution is 7.17. The number of fused-ring (bicyclic) bond motifs is 1. The zero-order valence-corrected chi connectivity index (χ0v) is 9.57. The molecule has 1 aromatic carbocycles. The minimum atomic E-state index is -0.313. The second-order valence-corrected chi connectivity index (χ2v) is 4.10. The van der Waals surface area contributed by atoms with Crippen molar-refractivity contribution in [3.05, 3.63) is 22.8 Å². The Bertz CT molecular complexity index is 505. The Kier molecular flexibility index (Phi) is 2.52. The fourth-order valence-corrected chi connectivity index (χ4v) is 2.61. The van der Waals surface area contributed by atoms with Gasteiger partial charge in [0.25, 0.3) is 0 Å². The van der Waals surface area contributed by atoms with Crippen molar-refractivity contribution in [2.75, 3.05) is 14.2 Å². The highest BCUT2D eigenvalue weighted by Gasteiger charge is 2.16. The zero-order valence-electron chi connectivity index (χ0n) is 8.76. The molecule has 2 nitrogen and oxygen atoms in total. The molecule has 0 bridgehead atoms. The molecule has 0 atom stereocenters. The molecule has 0 unspecified atom stereocenters. The third-order valence-electron chi connectivity index (χ3n) is 2.34. The Hall–Kier alpha value is -1.29. The molecule has 0 aliphatic heterocycles. The number of hydrogen-bond acceptors (Lipinski definition) is 3. The molecule has 15 heavy (non-hydrogen) atoms. The molecule has 0 radical (unpaired) electrons. The van der Waals surface area contributed by atoms with E-state index in [2.05, 4.69) is 0 Å². The summed E-state index contributed by atoms with van der Waals surface area (Å²) in [6.07, 6.45) is 0. The van der Waals surface area contributed by atoms with Gasteiger partial charge < -0.3 is 9.47 Å². The number of thiophene rings is 1. The van der Waals surface area contributed by atoms with Crippen molar-refractivity contribution in [1.29, 1.82) is 0 Å². The van der Waals surface area contributed by atoms with E-state index in [0.717, 1.165) is 10.3 Å². The van der Waals surface area contributed by atoms with Crippen molar-refractivity contribution in [1.82, 2.24) is 0 Å². The van der Waals surface area contributed by atoms with Crippen LogP contribution in [0.3, 0.4) is 0 Å². The number of benzene rings is 1. The average molecular weight is 226 g/mol. The third kappa shape index (κ3) is 1.45. The van der Waals surface area contributed by atoms with Crippen LogP contribution < -0.4 is 9.47 Å². The number of methoxy groups -OCH3 is 2. The van der Waals surface area contributed by atoms with Crippen LogP contribution in [0, 0.1) is 12.7 Å². The van der Waals surface area contributed by atoms with Crippen LogP contribution in [-0.4, -0.2) is 14.2 Å². The molecular weight excluding hydrogens is 215 g/mol. The maximum Gasteiger partial charge on any atom is 0.174 e. The van der Waals surface area contributed by atoms with Crippen LogP contribution in [-0.2, 0) is 0 Å². The SMILES string of the molecule is COc1cc(OC)c2scc(C)c2c1F. The number of aryl methyl sites for hydroxylation is 1. The monoisotopic (exact) mass is 226 g/mol. The van der Waals surface area contributed by atoms with E-state index < -0.39 is 0 Å². The summed E-state index contributed by atoms with van der Waals surface area (Å²) < 4.78 is 24.9. The molecule has 0 fully saturated rings. The maximum absolute atomic E-state index is 13.9. The first kappa shape index (κ1) is 10.2. The highest BCUT2D eigenvalue weighted by atomic mass is 32.1. The molecule has 0 amide bonds. The number of rotatable bonds is 2. The lowest BCUT2D eigenvalue weighted by Crippen LogP contribution is -1.92. The van der Waals surface area contributed by atoms with Gasteiger partial charge in [-0.1, -0.05) is 0 Å². The Balaban J connectivity index is 2.86. The predicted octanol–water partition coefficient (Wildman–Crippen LogP) is 3.37. The average Bonchev–Trinajstić information content (AvgIpc) is 2.62. The fraction of sp³-hybridized carbons (Fsp3) is 0.273. The van der Waals surface area contributed by atoms with Gasteiger partial charge in [0.1, 0.15) is 5.75 Å². The molecule has 4 heteroatoms. The van der Waals surface area contributed by atoms with Crippen LogP contribution in [0.2, 0.25) is 0 Å².